The first-order valence-electron chi connectivity index (χ1n) is 10.4. The lowest BCUT2D eigenvalue weighted by atomic mass is 9.87. The van der Waals surface area contributed by atoms with Crippen molar-refractivity contribution in [2.75, 3.05) is 24.5 Å². The van der Waals surface area contributed by atoms with Crippen molar-refractivity contribution in [2.24, 2.45) is 5.92 Å². The van der Waals surface area contributed by atoms with Crippen LogP contribution in [0, 0.1) is 5.92 Å². The van der Waals surface area contributed by atoms with Gasteiger partial charge in [0.25, 0.3) is 0 Å². The number of likely N-dealkylation sites (tertiary alicyclic amines) is 1. The quantitative estimate of drug-likeness (QED) is 0.749. The smallest absolute Gasteiger partial charge is 0.235 e. The third-order valence-electron chi connectivity index (χ3n) is 5.96. The number of carbonyl (C=O) groups excluding carboxylic acids is 1. The van der Waals surface area contributed by atoms with Gasteiger partial charge in [-0.2, -0.15) is 0 Å². The summed E-state index contributed by atoms with van der Waals surface area (Å²) in [5.41, 5.74) is 1.35. The number of hydrogen-bond donors (Lipinski definition) is 0. The van der Waals surface area contributed by atoms with Gasteiger partial charge in [0.15, 0.2) is 0 Å². The lowest BCUT2D eigenvalue weighted by Gasteiger charge is -2.41. The molecule has 1 fully saturated rings. The number of ether oxygens (including phenoxy) is 1. The lowest BCUT2D eigenvalue weighted by molar-refractivity contribution is -0.122. The second-order valence-corrected chi connectivity index (χ2v) is 8.52. The molecule has 148 valence electrons. The van der Waals surface area contributed by atoms with E-state index in [1.165, 1.54) is 6.42 Å². The average molecular weight is 379 g/mol. The van der Waals surface area contributed by atoms with E-state index in [9.17, 15) is 4.79 Å². The number of fused-ring (bicyclic) bond motifs is 1. The van der Waals surface area contributed by atoms with Crippen molar-refractivity contribution in [3.63, 3.8) is 0 Å². The van der Waals surface area contributed by atoms with Gasteiger partial charge in [-0.25, -0.2) is 0 Å². The van der Waals surface area contributed by atoms with Crippen LogP contribution in [0.15, 0.2) is 54.6 Å². The van der Waals surface area contributed by atoms with Gasteiger partial charge in [0.2, 0.25) is 5.91 Å². The monoisotopic (exact) mass is 378 g/mol. The van der Waals surface area contributed by atoms with E-state index >= 15 is 0 Å². The Morgan fingerprint density at radius 2 is 1.68 bits per heavy atom. The molecule has 0 aliphatic carbocycles. The molecule has 4 heteroatoms. The molecule has 2 aromatic rings. The fraction of sp³-hybridized carbons (Fsp3) is 0.458. The molecule has 0 aromatic heterocycles. The van der Waals surface area contributed by atoms with Crippen molar-refractivity contribution >= 4 is 17.3 Å². The minimum atomic E-state index is -0.398. The van der Waals surface area contributed by atoms with E-state index in [0.717, 1.165) is 55.5 Å². The van der Waals surface area contributed by atoms with Crippen molar-refractivity contribution < 1.29 is 9.53 Å². The van der Waals surface area contributed by atoms with Crippen LogP contribution in [0.1, 0.15) is 39.5 Å². The fourth-order valence-electron chi connectivity index (χ4n) is 4.25. The van der Waals surface area contributed by atoms with Gasteiger partial charge in [0, 0.05) is 31.6 Å². The standard InChI is InChI=1S/C24H30N2O2/c1-19(2)12-15-25-16-13-24(14-17-25)18-23(27)26(20-8-4-3-5-9-20)21-10-6-7-11-22(21)28-24/h3-11,19H,12-18H2,1-2H3. The average Bonchev–Trinajstić information content (AvgIpc) is 2.81. The van der Waals surface area contributed by atoms with Gasteiger partial charge in [-0.15, -0.1) is 0 Å². The largest absolute Gasteiger partial charge is 0.484 e. The first-order chi connectivity index (χ1) is 13.6. The molecule has 0 bridgehead atoms. The number of benzene rings is 2. The molecule has 2 aliphatic heterocycles. The third kappa shape index (κ3) is 3.93. The van der Waals surface area contributed by atoms with E-state index in [4.69, 9.17) is 4.74 Å². The Morgan fingerprint density at radius 1 is 1.00 bits per heavy atom. The second-order valence-electron chi connectivity index (χ2n) is 8.52. The minimum Gasteiger partial charge on any atom is -0.484 e. The summed E-state index contributed by atoms with van der Waals surface area (Å²) < 4.78 is 6.59. The molecule has 0 saturated carbocycles. The van der Waals surface area contributed by atoms with E-state index in [1.807, 2.05) is 59.5 Å². The maximum atomic E-state index is 13.4. The maximum absolute atomic E-state index is 13.4. The normalized spacial score (nSPS) is 19.4. The predicted molar refractivity (Wildman–Crippen MR) is 113 cm³/mol. The summed E-state index contributed by atoms with van der Waals surface area (Å²) >= 11 is 0. The molecule has 0 radical (unpaired) electrons. The van der Waals surface area contributed by atoms with Crippen molar-refractivity contribution in [1.29, 1.82) is 0 Å². The summed E-state index contributed by atoms with van der Waals surface area (Å²) in [6, 6.07) is 17.8. The van der Waals surface area contributed by atoms with Gasteiger partial charge in [-0.1, -0.05) is 44.2 Å². The first kappa shape index (κ1) is 19.0. The lowest BCUT2D eigenvalue weighted by Crippen LogP contribution is -2.49. The number of carbonyl (C=O) groups is 1. The molecule has 0 N–H and O–H groups in total. The SMILES string of the molecule is CC(C)CCN1CCC2(CC1)CC(=O)N(c1ccccc1)c1ccccc1O2. The summed E-state index contributed by atoms with van der Waals surface area (Å²) in [7, 11) is 0. The Kier molecular flexibility index (Phi) is 5.40. The van der Waals surface area contributed by atoms with E-state index in [-0.39, 0.29) is 5.91 Å². The van der Waals surface area contributed by atoms with Gasteiger partial charge in [-0.3, -0.25) is 9.69 Å². The Morgan fingerprint density at radius 3 is 2.39 bits per heavy atom. The molecule has 2 heterocycles. The topological polar surface area (TPSA) is 32.8 Å². The summed E-state index contributed by atoms with van der Waals surface area (Å²) in [6.45, 7) is 7.66. The van der Waals surface area contributed by atoms with Crippen LogP contribution in [0.3, 0.4) is 0 Å². The number of para-hydroxylation sites is 3. The van der Waals surface area contributed by atoms with Gasteiger partial charge in [0.05, 0.1) is 12.1 Å². The van der Waals surface area contributed by atoms with Crippen LogP contribution in [-0.2, 0) is 4.79 Å². The van der Waals surface area contributed by atoms with Crippen molar-refractivity contribution in [3.8, 4) is 5.75 Å². The molecule has 0 unspecified atom stereocenters. The highest BCUT2D eigenvalue weighted by atomic mass is 16.5. The van der Waals surface area contributed by atoms with Gasteiger partial charge in [-0.05, 0) is 43.1 Å². The van der Waals surface area contributed by atoms with Gasteiger partial charge in [0.1, 0.15) is 11.4 Å². The van der Waals surface area contributed by atoms with Crippen molar-refractivity contribution in [2.45, 2.75) is 45.1 Å². The van der Waals surface area contributed by atoms with Gasteiger partial charge >= 0.3 is 0 Å². The minimum absolute atomic E-state index is 0.117. The van der Waals surface area contributed by atoms with Crippen LogP contribution in [0.5, 0.6) is 5.75 Å². The maximum Gasteiger partial charge on any atom is 0.235 e. The van der Waals surface area contributed by atoms with Crippen molar-refractivity contribution in [3.05, 3.63) is 54.6 Å². The summed E-state index contributed by atoms with van der Waals surface area (Å²) in [5.74, 6) is 1.65. The van der Waals surface area contributed by atoms with Crippen molar-refractivity contribution in [1.82, 2.24) is 4.90 Å². The van der Waals surface area contributed by atoms with Crippen LogP contribution < -0.4 is 9.64 Å². The molecular formula is C24H30N2O2. The molecule has 2 aliphatic rings. The number of hydrogen-bond acceptors (Lipinski definition) is 3. The van der Waals surface area contributed by atoms with Crippen LogP contribution in [0.25, 0.3) is 0 Å². The molecule has 4 nitrogen and oxygen atoms in total. The number of amides is 1. The molecule has 1 saturated heterocycles. The number of piperidine rings is 1. The van der Waals surface area contributed by atoms with Crippen LogP contribution in [0.2, 0.25) is 0 Å². The first-order valence-corrected chi connectivity index (χ1v) is 10.4. The Labute approximate surface area is 168 Å². The number of anilines is 2. The van der Waals surface area contributed by atoms with E-state index < -0.39 is 5.60 Å². The molecule has 2 aromatic carbocycles. The second kappa shape index (κ2) is 7.96. The highest BCUT2D eigenvalue weighted by molar-refractivity contribution is 6.03. The summed E-state index contributed by atoms with van der Waals surface area (Å²) in [6.07, 6.45) is 3.44. The highest BCUT2D eigenvalue weighted by Gasteiger charge is 2.43. The highest BCUT2D eigenvalue weighted by Crippen LogP contribution is 2.43. The van der Waals surface area contributed by atoms with Crippen LogP contribution >= 0.6 is 0 Å². The summed E-state index contributed by atoms with van der Waals surface area (Å²) in [5, 5.41) is 0. The summed E-state index contributed by atoms with van der Waals surface area (Å²) in [4.78, 5) is 17.7. The zero-order valence-corrected chi connectivity index (χ0v) is 16.9. The van der Waals surface area contributed by atoms with Crippen LogP contribution in [-0.4, -0.2) is 36.0 Å². The Balaban J connectivity index is 1.59. The van der Waals surface area contributed by atoms with Gasteiger partial charge < -0.3 is 9.64 Å². The molecule has 1 spiro atoms. The number of nitrogens with zero attached hydrogens (tertiary/aromatic N) is 2. The van der Waals surface area contributed by atoms with E-state index in [2.05, 4.69) is 18.7 Å². The number of rotatable bonds is 4. The molecule has 28 heavy (non-hydrogen) atoms. The molecule has 1 amide bonds. The molecule has 4 rings (SSSR count). The van der Waals surface area contributed by atoms with Crippen LogP contribution in [0.4, 0.5) is 11.4 Å². The Bertz CT molecular complexity index is 810. The van der Waals surface area contributed by atoms with E-state index in [0.29, 0.717) is 6.42 Å². The molecular weight excluding hydrogens is 348 g/mol. The molecule has 0 atom stereocenters. The predicted octanol–water partition coefficient (Wildman–Crippen LogP) is 5.01. The zero-order valence-electron chi connectivity index (χ0n) is 16.9. The van der Waals surface area contributed by atoms with E-state index in [1.54, 1.807) is 0 Å². The third-order valence-corrected chi connectivity index (χ3v) is 5.96. The Hall–Kier alpha value is -2.33. The fourth-order valence-corrected chi connectivity index (χ4v) is 4.25. The zero-order chi connectivity index (χ0) is 19.6.